The second-order valence-corrected chi connectivity index (χ2v) is 6.11. The van der Waals surface area contributed by atoms with Crippen molar-refractivity contribution in [2.45, 2.75) is 19.8 Å². The lowest BCUT2D eigenvalue weighted by Crippen LogP contribution is -2.24. The molecule has 0 aliphatic heterocycles. The lowest BCUT2D eigenvalue weighted by atomic mass is 9.82. The number of carbonyl (C=O) groups excluding carboxylic acids is 2. The Kier molecular flexibility index (Phi) is 4.20. The third-order valence-corrected chi connectivity index (χ3v) is 4.28. The van der Waals surface area contributed by atoms with E-state index >= 15 is 0 Å². The van der Waals surface area contributed by atoms with Crippen LogP contribution in [0.15, 0.2) is 24.3 Å². The zero-order valence-corrected chi connectivity index (χ0v) is 13.9. The molecule has 24 heavy (non-hydrogen) atoms. The van der Waals surface area contributed by atoms with Gasteiger partial charge in [0.05, 0.1) is 23.4 Å². The highest BCUT2D eigenvalue weighted by Gasteiger charge is 2.34. The molecule has 0 bridgehead atoms. The highest BCUT2D eigenvalue weighted by molar-refractivity contribution is 6.35. The van der Waals surface area contributed by atoms with Gasteiger partial charge in [-0.1, -0.05) is 24.9 Å². The number of nitrogen functional groups attached to an aromatic ring is 2. The number of ketones is 2. The molecule has 0 saturated heterocycles. The first-order valence-electron chi connectivity index (χ1n) is 7.69. The van der Waals surface area contributed by atoms with Gasteiger partial charge in [0.15, 0.2) is 11.6 Å². The van der Waals surface area contributed by atoms with Crippen LogP contribution in [0.2, 0.25) is 5.02 Å². The summed E-state index contributed by atoms with van der Waals surface area (Å²) >= 11 is 5.94. The monoisotopic (exact) mass is 344 g/mol. The molecule has 1 aliphatic rings. The van der Waals surface area contributed by atoms with Gasteiger partial charge >= 0.3 is 0 Å². The maximum atomic E-state index is 12.8. The summed E-state index contributed by atoms with van der Waals surface area (Å²) in [6, 6.07) is 6.07. The average molecular weight is 345 g/mol. The predicted octanol–water partition coefficient (Wildman–Crippen LogP) is 3.46. The number of rotatable bonds is 4. The van der Waals surface area contributed by atoms with Crippen molar-refractivity contribution in [2.24, 2.45) is 0 Å². The topological polar surface area (TPSA) is 95.4 Å². The third-order valence-electron chi connectivity index (χ3n) is 4.04. The molecule has 2 aromatic carbocycles. The van der Waals surface area contributed by atoms with Crippen molar-refractivity contribution in [1.29, 1.82) is 0 Å². The van der Waals surface area contributed by atoms with Gasteiger partial charge in [0.2, 0.25) is 0 Å². The van der Waals surface area contributed by atoms with E-state index in [9.17, 15) is 9.59 Å². The zero-order chi connectivity index (χ0) is 17.4. The molecule has 0 heterocycles. The summed E-state index contributed by atoms with van der Waals surface area (Å²) in [4.78, 5) is 25.6. The largest absolute Gasteiger partial charge is 0.491 e. The van der Waals surface area contributed by atoms with E-state index in [1.165, 1.54) is 18.2 Å². The molecule has 0 amide bonds. The summed E-state index contributed by atoms with van der Waals surface area (Å²) < 4.78 is 5.63. The molecular weight excluding hydrogens is 328 g/mol. The van der Waals surface area contributed by atoms with Crippen molar-refractivity contribution >= 4 is 34.5 Å². The fourth-order valence-electron chi connectivity index (χ4n) is 2.79. The molecule has 4 N–H and O–H groups in total. The molecule has 1 aliphatic carbocycles. The van der Waals surface area contributed by atoms with Crippen LogP contribution in [0.1, 0.15) is 51.6 Å². The van der Waals surface area contributed by atoms with Crippen LogP contribution in [-0.2, 0) is 0 Å². The highest BCUT2D eigenvalue weighted by Crippen LogP contribution is 2.40. The fourth-order valence-corrected chi connectivity index (χ4v) is 2.96. The van der Waals surface area contributed by atoms with E-state index in [2.05, 4.69) is 0 Å². The number of hydrogen-bond acceptors (Lipinski definition) is 5. The van der Waals surface area contributed by atoms with E-state index in [-0.39, 0.29) is 45.2 Å². The van der Waals surface area contributed by atoms with Crippen LogP contribution in [0.25, 0.3) is 0 Å². The first kappa shape index (κ1) is 16.3. The van der Waals surface area contributed by atoms with Crippen molar-refractivity contribution in [3.63, 3.8) is 0 Å². The quantitative estimate of drug-likeness (QED) is 0.558. The minimum atomic E-state index is -0.355. The summed E-state index contributed by atoms with van der Waals surface area (Å²) in [5.41, 5.74) is 13.2. The maximum absolute atomic E-state index is 12.8. The lowest BCUT2D eigenvalue weighted by molar-refractivity contribution is 0.0980. The van der Waals surface area contributed by atoms with Crippen molar-refractivity contribution in [3.8, 4) is 5.75 Å². The number of hydrogen-bond donors (Lipinski definition) is 2. The maximum Gasteiger partial charge on any atom is 0.196 e. The molecule has 0 radical (unpaired) electrons. The summed E-state index contributed by atoms with van der Waals surface area (Å²) in [5, 5.41) is 0.379. The molecule has 2 aromatic rings. The Morgan fingerprint density at radius 3 is 2.46 bits per heavy atom. The summed E-state index contributed by atoms with van der Waals surface area (Å²) in [6.45, 7) is 2.51. The Hall–Kier alpha value is -2.53. The molecule has 6 heteroatoms. The number of fused-ring (bicyclic) bond motifs is 2. The minimum Gasteiger partial charge on any atom is -0.491 e. The number of halogens is 1. The fraction of sp³-hybridized carbons (Fsp3) is 0.222. The van der Waals surface area contributed by atoms with E-state index < -0.39 is 0 Å². The van der Waals surface area contributed by atoms with Crippen LogP contribution in [0.4, 0.5) is 11.4 Å². The second kappa shape index (κ2) is 6.17. The Balaban J connectivity index is 2.15. The lowest BCUT2D eigenvalue weighted by Gasteiger charge is -2.22. The first-order chi connectivity index (χ1) is 11.5. The third kappa shape index (κ3) is 2.51. The molecule has 0 unspecified atom stereocenters. The normalized spacial score (nSPS) is 12.8. The molecule has 0 spiro atoms. The van der Waals surface area contributed by atoms with Crippen molar-refractivity contribution in [2.75, 3.05) is 18.1 Å². The van der Waals surface area contributed by atoms with Gasteiger partial charge in [-0.05, 0) is 24.6 Å². The number of carbonyl (C=O) groups is 2. The smallest absolute Gasteiger partial charge is 0.196 e. The number of benzene rings is 2. The van der Waals surface area contributed by atoms with Crippen LogP contribution in [-0.4, -0.2) is 18.2 Å². The van der Waals surface area contributed by atoms with Crippen molar-refractivity contribution in [1.82, 2.24) is 0 Å². The summed E-state index contributed by atoms with van der Waals surface area (Å²) in [6.07, 6.45) is 1.82. The molecule has 0 fully saturated rings. The number of unbranched alkanes of at least 4 members (excludes halogenated alkanes) is 1. The van der Waals surface area contributed by atoms with Gasteiger partial charge in [-0.3, -0.25) is 9.59 Å². The van der Waals surface area contributed by atoms with Crippen LogP contribution in [0.3, 0.4) is 0 Å². The second-order valence-electron chi connectivity index (χ2n) is 5.68. The molecule has 3 rings (SSSR count). The van der Waals surface area contributed by atoms with E-state index in [1.807, 2.05) is 6.92 Å². The Morgan fingerprint density at radius 2 is 1.75 bits per heavy atom. The van der Waals surface area contributed by atoms with Gasteiger partial charge in [0.1, 0.15) is 5.75 Å². The Labute approximate surface area is 144 Å². The van der Waals surface area contributed by atoms with Crippen LogP contribution in [0.5, 0.6) is 5.75 Å². The number of ether oxygens (including phenoxy) is 1. The van der Waals surface area contributed by atoms with Gasteiger partial charge in [-0.25, -0.2) is 0 Å². The predicted molar refractivity (Wildman–Crippen MR) is 94.0 cm³/mol. The molecule has 5 nitrogen and oxygen atoms in total. The molecule has 0 atom stereocenters. The Morgan fingerprint density at radius 1 is 1.04 bits per heavy atom. The van der Waals surface area contributed by atoms with Gasteiger partial charge in [-0.2, -0.15) is 0 Å². The van der Waals surface area contributed by atoms with Crippen molar-refractivity contribution in [3.05, 3.63) is 51.5 Å². The van der Waals surface area contributed by atoms with E-state index in [0.29, 0.717) is 17.4 Å². The van der Waals surface area contributed by atoms with Crippen molar-refractivity contribution < 1.29 is 14.3 Å². The summed E-state index contributed by atoms with van der Waals surface area (Å²) in [5.74, 6) is -0.369. The molecule has 0 saturated carbocycles. The minimum absolute atomic E-state index is 0.112. The van der Waals surface area contributed by atoms with Gasteiger partial charge in [-0.15, -0.1) is 0 Å². The van der Waals surface area contributed by atoms with Crippen LogP contribution >= 0.6 is 11.6 Å². The SMILES string of the molecule is CCCCOc1cc(N)c2c(c1N)C(=O)c1ccc(Cl)cc1C2=O. The van der Waals surface area contributed by atoms with Crippen LogP contribution in [0, 0.1) is 0 Å². The summed E-state index contributed by atoms with van der Waals surface area (Å²) in [7, 11) is 0. The number of nitrogens with two attached hydrogens (primary N) is 2. The van der Waals surface area contributed by atoms with Crippen LogP contribution < -0.4 is 16.2 Å². The first-order valence-corrected chi connectivity index (χ1v) is 8.07. The molecular formula is C18H17ClN2O3. The standard InChI is InChI=1S/C18H17ClN2O3/c1-2-3-6-24-13-8-12(20)14-15(16(13)21)17(22)10-5-4-9(19)7-11(10)18(14)23/h4-5,7-8H,2-3,6,20-21H2,1H3. The van der Waals surface area contributed by atoms with E-state index in [1.54, 1.807) is 6.07 Å². The molecule has 0 aromatic heterocycles. The van der Waals surface area contributed by atoms with Gasteiger partial charge in [0.25, 0.3) is 0 Å². The average Bonchev–Trinajstić information content (AvgIpc) is 2.55. The highest BCUT2D eigenvalue weighted by atomic mass is 35.5. The Bertz CT molecular complexity index is 862. The van der Waals surface area contributed by atoms with E-state index in [0.717, 1.165) is 12.8 Å². The van der Waals surface area contributed by atoms with Gasteiger partial charge in [0, 0.05) is 27.9 Å². The van der Waals surface area contributed by atoms with E-state index in [4.69, 9.17) is 27.8 Å². The number of anilines is 2. The van der Waals surface area contributed by atoms with Gasteiger partial charge < -0.3 is 16.2 Å². The molecule has 124 valence electrons. The zero-order valence-electron chi connectivity index (χ0n) is 13.2.